The van der Waals surface area contributed by atoms with Gasteiger partial charge in [0.05, 0.1) is 11.1 Å². The van der Waals surface area contributed by atoms with Crippen molar-refractivity contribution in [1.29, 1.82) is 0 Å². The Labute approximate surface area is 131 Å². The van der Waals surface area contributed by atoms with E-state index in [2.05, 4.69) is 30.7 Å². The van der Waals surface area contributed by atoms with E-state index in [9.17, 15) is 9.90 Å². The molecular weight excluding hydrogens is 276 g/mol. The Kier molecular flexibility index (Phi) is 5.61. The first-order chi connectivity index (χ1) is 10.6. The van der Waals surface area contributed by atoms with Gasteiger partial charge in [0.2, 0.25) is 0 Å². The van der Waals surface area contributed by atoms with Gasteiger partial charge in [-0.3, -0.25) is 0 Å². The van der Waals surface area contributed by atoms with Gasteiger partial charge in [-0.15, -0.1) is 0 Å². The number of hydrogen-bond donors (Lipinski definition) is 2. The van der Waals surface area contributed by atoms with Crippen LogP contribution in [0, 0.1) is 0 Å². The zero-order valence-electron chi connectivity index (χ0n) is 13.6. The SMILES string of the molecule is CCCCn1cc(CCCN)c2cc(CC)cc(C(=O)O)c21. The molecule has 3 N–H and O–H groups in total. The summed E-state index contributed by atoms with van der Waals surface area (Å²) in [4.78, 5) is 11.7. The lowest BCUT2D eigenvalue weighted by Crippen LogP contribution is -2.04. The van der Waals surface area contributed by atoms with Gasteiger partial charge in [-0.1, -0.05) is 20.3 Å². The summed E-state index contributed by atoms with van der Waals surface area (Å²) in [5, 5.41) is 10.7. The van der Waals surface area contributed by atoms with Gasteiger partial charge >= 0.3 is 5.97 Å². The van der Waals surface area contributed by atoms with Crippen LogP contribution < -0.4 is 5.73 Å². The second-order valence-corrected chi connectivity index (χ2v) is 5.79. The van der Waals surface area contributed by atoms with Crippen LogP contribution in [0.1, 0.15) is 54.6 Å². The molecule has 0 aliphatic carbocycles. The predicted molar refractivity (Wildman–Crippen MR) is 90.6 cm³/mol. The molecule has 0 spiro atoms. The van der Waals surface area contributed by atoms with Gasteiger partial charge in [0.1, 0.15) is 0 Å². The molecule has 1 heterocycles. The summed E-state index contributed by atoms with van der Waals surface area (Å²) in [6.45, 7) is 5.72. The first-order valence-corrected chi connectivity index (χ1v) is 8.20. The molecule has 2 aromatic rings. The average molecular weight is 302 g/mol. The van der Waals surface area contributed by atoms with Crippen LogP contribution in [0.2, 0.25) is 0 Å². The molecule has 0 aliphatic heterocycles. The molecule has 4 heteroatoms. The standard InChI is InChI=1S/C18H26N2O2/c1-3-5-9-20-12-14(7-6-8-19)15-10-13(4-2)11-16(17(15)20)18(21)22/h10-12H,3-9,19H2,1-2H3,(H,21,22). The van der Waals surface area contributed by atoms with Crippen LogP contribution in [-0.4, -0.2) is 22.2 Å². The molecule has 0 saturated carbocycles. The lowest BCUT2D eigenvalue weighted by atomic mass is 10.0. The Balaban J connectivity index is 2.64. The quantitative estimate of drug-likeness (QED) is 0.783. The van der Waals surface area contributed by atoms with Crippen molar-refractivity contribution in [3.05, 3.63) is 35.0 Å². The van der Waals surface area contributed by atoms with E-state index in [1.54, 1.807) is 0 Å². The third kappa shape index (κ3) is 3.33. The van der Waals surface area contributed by atoms with E-state index in [0.717, 1.165) is 55.1 Å². The van der Waals surface area contributed by atoms with Crippen molar-refractivity contribution >= 4 is 16.9 Å². The topological polar surface area (TPSA) is 68.2 Å². The smallest absolute Gasteiger partial charge is 0.337 e. The number of aromatic carboxylic acids is 1. The molecule has 0 atom stereocenters. The number of fused-ring (bicyclic) bond motifs is 1. The van der Waals surface area contributed by atoms with Crippen molar-refractivity contribution in [1.82, 2.24) is 4.57 Å². The van der Waals surface area contributed by atoms with Crippen LogP contribution in [-0.2, 0) is 19.4 Å². The minimum atomic E-state index is -0.846. The molecule has 0 amide bonds. The molecule has 0 aliphatic rings. The molecule has 0 unspecified atom stereocenters. The number of benzene rings is 1. The third-order valence-electron chi connectivity index (χ3n) is 4.16. The first kappa shape index (κ1) is 16.6. The van der Waals surface area contributed by atoms with Crippen LogP contribution in [0.5, 0.6) is 0 Å². The van der Waals surface area contributed by atoms with Crippen molar-refractivity contribution in [3.8, 4) is 0 Å². The molecule has 0 radical (unpaired) electrons. The fraction of sp³-hybridized carbons (Fsp3) is 0.500. The molecule has 2 rings (SSSR count). The molecule has 120 valence electrons. The second-order valence-electron chi connectivity index (χ2n) is 5.79. The van der Waals surface area contributed by atoms with Crippen molar-refractivity contribution in [2.75, 3.05) is 6.54 Å². The highest BCUT2D eigenvalue weighted by Gasteiger charge is 2.17. The van der Waals surface area contributed by atoms with E-state index < -0.39 is 5.97 Å². The Hall–Kier alpha value is -1.81. The van der Waals surface area contributed by atoms with E-state index >= 15 is 0 Å². The van der Waals surface area contributed by atoms with Crippen molar-refractivity contribution in [2.24, 2.45) is 5.73 Å². The van der Waals surface area contributed by atoms with Crippen LogP contribution >= 0.6 is 0 Å². The minimum Gasteiger partial charge on any atom is -0.478 e. The lowest BCUT2D eigenvalue weighted by Gasteiger charge is -2.08. The predicted octanol–water partition coefficient (Wildman–Crippen LogP) is 3.59. The largest absolute Gasteiger partial charge is 0.478 e. The highest BCUT2D eigenvalue weighted by atomic mass is 16.4. The summed E-state index contributed by atoms with van der Waals surface area (Å²) in [6.07, 6.45) is 6.93. The molecule has 22 heavy (non-hydrogen) atoms. The summed E-state index contributed by atoms with van der Waals surface area (Å²) >= 11 is 0. The zero-order valence-corrected chi connectivity index (χ0v) is 13.6. The summed E-state index contributed by atoms with van der Waals surface area (Å²) in [7, 11) is 0. The normalized spacial score (nSPS) is 11.2. The van der Waals surface area contributed by atoms with Gasteiger partial charge in [0.25, 0.3) is 0 Å². The zero-order chi connectivity index (χ0) is 16.1. The summed E-state index contributed by atoms with van der Waals surface area (Å²) in [5.74, 6) is -0.846. The molecule has 0 fully saturated rings. The van der Waals surface area contributed by atoms with Gasteiger partial charge in [0, 0.05) is 18.1 Å². The highest BCUT2D eigenvalue weighted by molar-refractivity contribution is 6.03. The number of unbranched alkanes of at least 4 members (excludes halogenated alkanes) is 1. The number of nitrogens with zero attached hydrogens (tertiary/aromatic N) is 1. The van der Waals surface area contributed by atoms with Crippen molar-refractivity contribution in [3.63, 3.8) is 0 Å². The summed E-state index contributed by atoms with van der Waals surface area (Å²) < 4.78 is 2.12. The monoisotopic (exact) mass is 302 g/mol. The van der Waals surface area contributed by atoms with E-state index in [0.29, 0.717) is 12.1 Å². The number of carboxylic acids is 1. The molecule has 0 saturated heterocycles. The van der Waals surface area contributed by atoms with Crippen molar-refractivity contribution in [2.45, 2.75) is 52.5 Å². The number of carboxylic acid groups (broad SMARTS) is 1. The summed E-state index contributed by atoms with van der Waals surface area (Å²) in [6, 6.07) is 3.97. The molecular formula is C18H26N2O2. The van der Waals surface area contributed by atoms with Gasteiger partial charge in [-0.25, -0.2) is 4.79 Å². The van der Waals surface area contributed by atoms with Gasteiger partial charge < -0.3 is 15.4 Å². The van der Waals surface area contributed by atoms with E-state index in [4.69, 9.17) is 5.73 Å². The van der Waals surface area contributed by atoms with Crippen LogP contribution in [0.15, 0.2) is 18.3 Å². The van der Waals surface area contributed by atoms with Crippen LogP contribution in [0.4, 0.5) is 0 Å². The number of aryl methyl sites for hydroxylation is 3. The number of aromatic nitrogens is 1. The Bertz CT molecular complexity index is 659. The van der Waals surface area contributed by atoms with Gasteiger partial charge in [-0.05, 0) is 55.5 Å². The number of hydrogen-bond acceptors (Lipinski definition) is 2. The molecule has 1 aromatic heterocycles. The van der Waals surface area contributed by atoms with E-state index in [1.165, 1.54) is 5.56 Å². The maximum Gasteiger partial charge on any atom is 0.337 e. The minimum absolute atomic E-state index is 0.421. The Morgan fingerprint density at radius 2 is 2.05 bits per heavy atom. The van der Waals surface area contributed by atoms with Crippen LogP contribution in [0.3, 0.4) is 0 Å². The molecule has 4 nitrogen and oxygen atoms in total. The van der Waals surface area contributed by atoms with E-state index in [1.807, 2.05) is 6.07 Å². The average Bonchev–Trinajstić information content (AvgIpc) is 2.87. The van der Waals surface area contributed by atoms with Gasteiger partial charge in [0.15, 0.2) is 0 Å². The maximum atomic E-state index is 11.7. The molecule has 1 aromatic carbocycles. The molecule has 0 bridgehead atoms. The Morgan fingerprint density at radius 1 is 1.27 bits per heavy atom. The maximum absolute atomic E-state index is 11.7. The fourth-order valence-corrected chi connectivity index (χ4v) is 2.93. The Morgan fingerprint density at radius 3 is 2.64 bits per heavy atom. The number of nitrogens with two attached hydrogens (primary N) is 1. The van der Waals surface area contributed by atoms with Crippen molar-refractivity contribution < 1.29 is 9.90 Å². The fourth-order valence-electron chi connectivity index (χ4n) is 2.93. The number of carbonyl (C=O) groups is 1. The highest BCUT2D eigenvalue weighted by Crippen LogP contribution is 2.28. The first-order valence-electron chi connectivity index (χ1n) is 8.20. The number of rotatable bonds is 8. The van der Waals surface area contributed by atoms with Gasteiger partial charge in [-0.2, -0.15) is 0 Å². The lowest BCUT2D eigenvalue weighted by molar-refractivity contribution is 0.0698. The third-order valence-corrected chi connectivity index (χ3v) is 4.16. The van der Waals surface area contributed by atoms with E-state index in [-0.39, 0.29) is 0 Å². The van der Waals surface area contributed by atoms with Crippen LogP contribution in [0.25, 0.3) is 10.9 Å². The summed E-state index contributed by atoms with van der Waals surface area (Å²) in [5.41, 5.74) is 9.22. The second kappa shape index (κ2) is 7.45.